The van der Waals surface area contributed by atoms with Crippen molar-refractivity contribution in [2.45, 2.75) is 5.38 Å². The van der Waals surface area contributed by atoms with E-state index in [1.54, 1.807) is 24.3 Å². The molecule has 1 heterocycles. The maximum Gasteiger partial charge on any atom is 0.400 e. The lowest BCUT2D eigenvalue weighted by atomic mass is 10.2. The van der Waals surface area contributed by atoms with Crippen molar-refractivity contribution in [1.82, 2.24) is 10.1 Å². The van der Waals surface area contributed by atoms with Crippen molar-refractivity contribution in [2.75, 3.05) is 5.73 Å². The maximum atomic E-state index is 12.6. The predicted octanol–water partition coefficient (Wildman–Crippen LogP) is 2.61. The summed E-state index contributed by atoms with van der Waals surface area (Å²) in [4.78, 5) is 3.48. The summed E-state index contributed by atoms with van der Waals surface area (Å²) in [6.07, 6.45) is 0. The van der Waals surface area contributed by atoms with Gasteiger partial charge in [0.15, 0.2) is 0 Å². The molecule has 1 aromatic heterocycles. The number of alkyl halides is 3. The largest absolute Gasteiger partial charge is 0.400 e. The topological polar surface area (TPSA) is 64.9 Å². The number of nitrogens with zero attached hydrogens (tertiary/aromatic N) is 2. The van der Waals surface area contributed by atoms with E-state index in [4.69, 9.17) is 17.3 Å². The summed E-state index contributed by atoms with van der Waals surface area (Å²) in [5, 5.41) is -0.263. The molecule has 2 aromatic rings. The number of anilines is 1. The first-order valence-corrected chi connectivity index (χ1v) is 4.61. The first-order valence-electron chi connectivity index (χ1n) is 4.23. The second-order valence-electron chi connectivity index (χ2n) is 3.04. The molecule has 7 heteroatoms. The fourth-order valence-corrected chi connectivity index (χ4v) is 1.16. The van der Waals surface area contributed by atoms with E-state index in [2.05, 4.69) is 14.7 Å². The molecule has 0 bridgehead atoms. The van der Waals surface area contributed by atoms with Gasteiger partial charge in [-0.2, -0.15) is 13.8 Å². The average Bonchev–Trinajstić information content (AvgIpc) is 2.67. The molecule has 1 aromatic carbocycles. The summed E-state index contributed by atoms with van der Waals surface area (Å²) in [6, 6.07) is 6.39. The molecule has 0 aliphatic heterocycles. The van der Waals surface area contributed by atoms with Gasteiger partial charge in [0.25, 0.3) is 0 Å². The van der Waals surface area contributed by atoms with Gasteiger partial charge in [0.1, 0.15) is 0 Å². The van der Waals surface area contributed by atoms with Gasteiger partial charge in [0.05, 0.1) is 0 Å². The van der Waals surface area contributed by atoms with Crippen LogP contribution in [0.15, 0.2) is 28.8 Å². The lowest BCUT2D eigenvalue weighted by Gasteiger charge is -1.98. The Morgan fingerprint density at radius 1 is 1.25 bits per heavy atom. The van der Waals surface area contributed by atoms with Crippen LogP contribution in [0.25, 0.3) is 11.4 Å². The van der Waals surface area contributed by atoms with Crippen LogP contribution in [0.3, 0.4) is 0 Å². The Kier molecular flexibility index (Phi) is 2.51. The Morgan fingerprint density at radius 3 is 2.38 bits per heavy atom. The smallest absolute Gasteiger partial charge is 0.399 e. The van der Waals surface area contributed by atoms with Gasteiger partial charge >= 0.3 is 11.3 Å². The zero-order chi connectivity index (χ0) is 11.8. The van der Waals surface area contributed by atoms with Crippen LogP contribution in [0.1, 0.15) is 5.89 Å². The highest BCUT2D eigenvalue weighted by Crippen LogP contribution is 2.32. The number of nitrogens with two attached hydrogens (primary N) is 1. The molecule has 0 radical (unpaired) electrons. The van der Waals surface area contributed by atoms with Gasteiger partial charge < -0.3 is 10.3 Å². The van der Waals surface area contributed by atoms with E-state index < -0.39 is 11.3 Å². The van der Waals surface area contributed by atoms with Crippen LogP contribution in [0.2, 0.25) is 0 Å². The Hall–Kier alpha value is -1.69. The number of nitrogen functional groups attached to an aromatic ring is 1. The zero-order valence-corrected chi connectivity index (χ0v) is 8.58. The fourth-order valence-electron chi connectivity index (χ4n) is 1.09. The van der Waals surface area contributed by atoms with Crippen molar-refractivity contribution in [3.05, 3.63) is 30.2 Å². The quantitative estimate of drug-likeness (QED) is 0.652. The normalized spacial score (nSPS) is 11.7. The van der Waals surface area contributed by atoms with Crippen molar-refractivity contribution in [1.29, 1.82) is 0 Å². The second-order valence-corrected chi connectivity index (χ2v) is 3.52. The van der Waals surface area contributed by atoms with E-state index in [1.165, 1.54) is 0 Å². The van der Waals surface area contributed by atoms with Gasteiger partial charge in [-0.15, -0.1) is 0 Å². The third kappa shape index (κ3) is 2.11. The molecule has 2 rings (SSSR count). The molecule has 0 fully saturated rings. The molecule has 16 heavy (non-hydrogen) atoms. The van der Waals surface area contributed by atoms with Gasteiger partial charge in [-0.05, 0) is 35.9 Å². The van der Waals surface area contributed by atoms with Crippen molar-refractivity contribution in [3.8, 4) is 11.4 Å². The first-order chi connectivity index (χ1) is 7.47. The molecule has 0 unspecified atom stereocenters. The molecule has 0 amide bonds. The average molecular weight is 246 g/mol. The molecule has 0 atom stereocenters. The molecule has 0 saturated heterocycles. The number of rotatable bonds is 2. The van der Waals surface area contributed by atoms with E-state index >= 15 is 0 Å². The van der Waals surface area contributed by atoms with Crippen molar-refractivity contribution >= 4 is 17.3 Å². The summed E-state index contributed by atoms with van der Waals surface area (Å²) < 4.78 is 29.5. The van der Waals surface area contributed by atoms with Crippen LogP contribution in [0, 0.1) is 0 Å². The third-order valence-corrected chi connectivity index (χ3v) is 2.00. The highest BCUT2D eigenvalue weighted by atomic mass is 35.5. The molecule has 84 valence electrons. The van der Waals surface area contributed by atoms with Crippen molar-refractivity contribution < 1.29 is 13.3 Å². The lowest BCUT2D eigenvalue weighted by Crippen LogP contribution is -2.03. The molecular weight excluding hydrogens is 240 g/mol. The summed E-state index contributed by atoms with van der Waals surface area (Å²) >= 11 is 4.73. The predicted molar refractivity (Wildman–Crippen MR) is 53.9 cm³/mol. The van der Waals surface area contributed by atoms with Gasteiger partial charge in [0.2, 0.25) is 5.82 Å². The monoisotopic (exact) mass is 245 g/mol. The summed E-state index contributed by atoms with van der Waals surface area (Å²) in [5.41, 5.74) is 6.54. The zero-order valence-electron chi connectivity index (χ0n) is 7.82. The van der Waals surface area contributed by atoms with E-state index in [9.17, 15) is 8.78 Å². The Labute approximate surface area is 94.0 Å². The van der Waals surface area contributed by atoms with E-state index in [-0.39, 0.29) is 5.82 Å². The lowest BCUT2D eigenvalue weighted by molar-refractivity contribution is 0.0551. The summed E-state index contributed by atoms with van der Waals surface area (Å²) in [6.45, 7) is 0. The summed E-state index contributed by atoms with van der Waals surface area (Å²) in [7, 11) is 0. The maximum absolute atomic E-state index is 12.6. The molecule has 0 aliphatic carbocycles. The number of benzene rings is 1. The van der Waals surface area contributed by atoms with Crippen LogP contribution in [-0.4, -0.2) is 10.1 Å². The van der Waals surface area contributed by atoms with Crippen LogP contribution in [0.5, 0.6) is 0 Å². The SMILES string of the molecule is Nc1ccc(-c2noc(C(F)(F)Cl)n2)cc1. The minimum Gasteiger partial charge on any atom is -0.399 e. The van der Waals surface area contributed by atoms with E-state index in [1.807, 2.05) is 0 Å². The second kappa shape index (κ2) is 3.71. The number of halogens is 3. The molecule has 4 nitrogen and oxygen atoms in total. The van der Waals surface area contributed by atoms with E-state index in [0.29, 0.717) is 11.3 Å². The van der Waals surface area contributed by atoms with Crippen molar-refractivity contribution in [3.63, 3.8) is 0 Å². The summed E-state index contributed by atoms with van der Waals surface area (Å²) in [5.74, 6) is -0.892. The van der Waals surface area contributed by atoms with Crippen molar-refractivity contribution in [2.24, 2.45) is 0 Å². The molecule has 0 saturated carbocycles. The minimum absolute atomic E-state index is 0.0373. The van der Waals surface area contributed by atoms with Crippen LogP contribution in [0.4, 0.5) is 14.5 Å². The van der Waals surface area contributed by atoms with Crippen LogP contribution < -0.4 is 5.73 Å². The highest BCUT2D eigenvalue weighted by molar-refractivity contribution is 6.21. The number of hydrogen-bond donors (Lipinski definition) is 1. The molecule has 2 N–H and O–H groups in total. The Bertz CT molecular complexity index is 492. The Morgan fingerprint density at radius 2 is 1.88 bits per heavy atom. The minimum atomic E-state index is -3.65. The van der Waals surface area contributed by atoms with Crippen LogP contribution in [-0.2, 0) is 5.38 Å². The van der Waals surface area contributed by atoms with Gasteiger partial charge in [0, 0.05) is 11.3 Å². The number of hydrogen-bond acceptors (Lipinski definition) is 4. The first kappa shape index (κ1) is 10.8. The Balaban J connectivity index is 2.35. The highest BCUT2D eigenvalue weighted by Gasteiger charge is 2.35. The molecule has 0 aliphatic rings. The van der Waals surface area contributed by atoms with Gasteiger partial charge in [-0.3, -0.25) is 0 Å². The molecule has 0 spiro atoms. The third-order valence-electron chi connectivity index (χ3n) is 1.84. The fraction of sp³-hybridized carbons (Fsp3) is 0.111. The van der Waals surface area contributed by atoms with Crippen LogP contribution >= 0.6 is 11.6 Å². The van der Waals surface area contributed by atoms with Gasteiger partial charge in [-0.1, -0.05) is 5.16 Å². The standard InChI is InChI=1S/C9H6ClF2N3O/c10-9(11,12)8-14-7(15-16-8)5-1-3-6(13)4-2-5/h1-4H,13H2. The number of aromatic nitrogens is 2. The molecular formula is C9H6ClF2N3O. The van der Waals surface area contributed by atoms with E-state index in [0.717, 1.165) is 0 Å². The van der Waals surface area contributed by atoms with Gasteiger partial charge in [-0.25, -0.2) is 0 Å².